The molecule has 0 aliphatic heterocycles. The summed E-state index contributed by atoms with van der Waals surface area (Å²) in [5, 5.41) is 9.97. The van der Waals surface area contributed by atoms with Crippen molar-refractivity contribution in [2.45, 2.75) is 6.42 Å². The van der Waals surface area contributed by atoms with Crippen LogP contribution < -0.4 is 0 Å². The normalized spacial score (nSPS) is 10.5. The van der Waals surface area contributed by atoms with Crippen LogP contribution in [0.5, 0.6) is 0 Å². The highest BCUT2D eigenvalue weighted by atomic mass is 79.9. The Morgan fingerprint density at radius 2 is 2.31 bits per heavy atom. The van der Waals surface area contributed by atoms with Crippen molar-refractivity contribution in [3.8, 4) is 0 Å². The van der Waals surface area contributed by atoms with Gasteiger partial charge in [-0.15, -0.1) is 0 Å². The van der Waals surface area contributed by atoms with Crippen molar-refractivity contribution >= 4 is 15.9 Å². The third-order valence-electron chi connectivity index (χ3n) is 1.47. The zero-order valence-corrected chi connectivity index (χ0v) is 8.40. The molecule has 1 aromatic carbocycles. The Kier molecular flexibility index (Phi) is 3.64. The fraction of sp³-hybridized carbons (Fsp3) is 0.111. The van der Waals surface area contributed by atoms with Gasteiger partial charge in [0.15, 0.2) is 0 Å². The second kappa shape index (κ2) is 4.77. The zero-order valence-electron chi connectivity index (χ0n) is 6.81. The standard InChI is InChI=1S/C9H8BrNO2/c10-9-5-1-3-8(7-9)4-2-6-11(12)13/h1-3,5-7H,4H2. The van der Waals surface area contributed by atoms with Gasteiger partial charge in [0.1, 0.15) is 0 Å². The van der Waals surface area contributed by atoms with E-state index in [1.807, 2.05) is 24.3 Å². The van der Waals surface area contributed by atoms with Gasteiger partial charge < -0.3 is 0 Å². The van der Waals surface area contributed by atoms with Crippen LogP contribution in [-0.4, -0.2) is 4.92 Å². The fourth-order valence-corrected chi connectivity index (χ4v) is 1.39. The SMILES string of the molecule is O=[N+]([O-])C=CCc1cccc(Br)c1. The van der Waals surface area contributed by atoms with Gasteiger partial charge in [-0.3, -0.25) is 10.1 Å². The van der Waals surface area contributed by atoms with Crippen LogP contribution in [-0.2, 0) is 6.42 Å². The highest BCUT2D eigenvalue weighted by Crippen LogP contribution is 2.12. The molecule has 1 rings (SSSR count). The summed E-state index contributed by atoms with van der Waals surface area (Å²) in [5.74, 6) is 0. The average molecular weight is 242 g/mol. The van der Waals surface area contributed by atoms with Crippen molar-refractivity contribution in [3.63, 3.8) is 0 Å². The lowest BCUT2D eigenvalue weighted by atomic mass is 10.1. The third kappa shape index (κ3) is 3.85. The van der Waals surface area contributed by atoms with E-state index in [4.69, 9.17) is 0 Å². The molecule has 3 nitrogen and oxygen atoms in total. The minimum absolute atomic E-state index is 0.460. The van der Waals surface area contributed by atoms with Gasteiger partial charge in [0, 0.05) is 4.47 Å². The molecule has 68 valence electrons. The first kappa shape index (κ1) is 9.92. The molecule has 0 fully saturated rings. The van der Waals surface area contributed by atoms with Crippen LogP contribution >= 0.6 is 15.9 Å². The number of hydrogen-bond donors (Lipinski definition) is 0. The Labute approximate surface area is 84.4 Å². The predicted molar refractivity (Wildman–Crippen MR) is 54.0 cm³/mol. The van der Waals surface area contributed by atoms with E-state index in [-0.39, 0.29) is 0 Å². The number of allylic oxidation sites excluding steroid dienone is 1. The minimum atomic E-state index is -0.460. The number of nitrogens with zero attached hydrogens (tertiary/aromatic N) is 1. The monoisotopic (exact) mass is 241 g/mol. The smallest absolute Gasteiger partial charge is 0.230 e. The molecular formula is C9H8BrNO2. The van der Waals surface area contributed by atoms with Gasteiger partial charge >= 0.3 is 0 Å². The van der Waals surface area contributed by atoms with Gasteiger partial charge in [0.05, 0.1) is 4.92 Å². The average Bonchev–Trinajstić information content (AvgIpc) is 2.03. The van der Waals surface area contributed by atoms with Gasteiger partial charge in [-0.1, -0.05) is 28.1 Å². The van der Waals surface area contributed by atoms with Crippen molar-refractivity contribution in [1.29, 1.82) is 0 Å². The molecule has 0 radical (unpaired) electrons. The van der Waals surface area contributed by atoms with Crippen molar-refractivity contribution in [1.82, 2.24) is 0 Å². The molecule has 0 N–H and O–H groups in total. The number of nitro groups is 1. The number of rotatable bonds is 3. The first-order chi connectivity index (χ1) is 6.18. The molecule has 0 unspecified atom stereocenters. The van der Waals surface area contributed by atoms with Crippen LogP contribution in [0.2, 0.25) is 0 Å². The maximum atomic E-state index is 9.97. The molecule has 0 atom stereocenters. The first-order valence-corrected chi connectivity index (χ1v) is 4.52. The van der Waals surface area contributed by atoms with Crippen LogP contribution in [0.3, 0.4) is 0 Å². The fourth-order valence-electron chi connectivity index (χ4n) is 0.939. The Hall–Kier alpha value is -1.16. The minimum Gasteiger partial charge on any atom is -0.259 e. The zero-order chi connectivity index (χ0) is 9.68. The van der Waals surface area contributed by atoms with Crippen LogP contribution in [0.1, 0.15) is 5.56 Å². The molecule has 1 aromatic rings. The maximum absolute atomic E-state index is 9.97. The second-order valence-electron chi connectivity index (χ2n) is 2.50. The van der Waals surface area contributed by atoms with E-state index in [9.17, 15) is 10.1 Å². The van der Waals surface area contributed by atoms with Crippen LogP contribution in [0.15, 0.2) is 41.0 Å². The molecular weight excluding hydrogens is 234 g/mol. The largest absolute Gasteiger partial charge is 0.259 e. The highest BCUT2D eigenvalue weighted by Gasteiger charge is 1.92. The summed E-state index contributed by atoms with van der Waals surface area (Å²) >= 11 is 3.33. The van der Waals surface area contributed by atoms with E-state index in [0.29, 0.717) is 6.42 Å². The molecule has 4 heteroatoms. The molecule has 0 bridgehead atoms. The molecule has 0 amide bonds. The summed E-state index contributed by atoms with van der Waals surface area (Å²) in [7, 11) is 0. The van der Waals surface area contributed by atoms with E-state index in [2.05, 4.69) is 15.9 Å². The lowest BCUT2D eigenvalue weighted by Gasteiger charge is -1.95. The molecule has 0 heterocycles. The maximum Gasteiger partial charge on any atom is 0.230 e. The van der Waals surface area contributed by atoms with E-state index < -0.39 is 4.92 Å². The van der Waals surface area contributed by atoms with Gasteiger partial charge in [-0.2, -0.15) is 0 Å². The predicted octanol–water partition coefficient (Wildman–Crippen LogP) is 2.78. The number of benzene rings is 1. The van der Waals surface area contributed by atoms with Crippen LogP contribution in [0.25, 0.3) is 0 Å². The van der Waals surface area contributed by atoms with Crippen molar-refractivity contribution < 1.29 is 4.92 Å². The molecule has 0 saturated heterocycles. The Bertz CT molecular complexity index is 336. The van der Waals surface area contributed by atoms with Crippen molar-refractivity contribution in [2.24, 2.45) is 0 Å². The summed E-state index contributed by atoms with van der Waals surface area (Å²) in [6.45, 7) is 0. The Morgan fingerprint density at radius 3 is 2.92 bits per heavy atom. The molecule has 0 saturated carbocycles. The summed E-state index contributed by atoms with van der Waals surface area (Å²) in [5.41, 5.74) is 1.05. The molecule has 13 heavy (non-hydrogen) atoms. The van der Waals surface area contributed by atoms with E-state index in [1.54, 1.807) is 0 Å². The molecule has 0 spiro atoms. The van der Waals surface area contributed by atoms with E-state index >= 15 is 0 Å². The topological polar surface area (TPSA) is 43.1 Å². The second-order valence-corrected chi connectivity index (χ2v) is 3.42. The highest BCUT2D eigenvalue weighted by molar-refractivity contribution is 9.10. The van der Waals surface area contributed by atoms with Gasteiger partial charge in [0.25, 0.3) is 0 Å². The Balaban J connectivity index is 2.59. The van der Waals surface area contributed by atoms with E-state index in [1.165, 1.54) is 6.08 Å². The summed E-state index contributed by atoms with van der Waals surface area (Å²) in [4.78, 5) is 9.51. The lowest BCUT2D eigenvalue weighted by molar-refractivity contribution is -0.402. The van der Waals surface area contributed by atoms with Gasteiger partial charge in [-0.05, 0) is 30.2 Å². The van der Waals surface area contributed by atoms with Crippen molar-refractivity contribution in [2.75, 3.05) is 0 Å². The summed E-state index contributed by atoms with van der Waals surface area (Å²) in [6, 6.07) is 7.68. The summed E-state index contributed by atoms with van der Waals surface area (Å²) in [6.07, 6.45) is 3.07. The quantitative estimate of drug-likeness (QED) is 0.604. The van der Waals surface area contributed by atoms with Gasteiger partial charge in [-0.25, -0.2) is 0 Å². The first-order valence-electron chi connectivity index (χ1n) is 3.73. The van der Waals surface area contributed by atoms with Gasteiger partial charge in [0.2, 0.25) is 6.20 Å². The van der Waals surface area contributed by atoms with Crippen LogP contribution in [0.4, 0.5) is 0 Å². The molecule has 0 aliphatic carbocycles. The summed E-state index contributed by atoms with van der Waals surface area (Å²) < 4.78 is 0.986. The number of hydrogen-bond acceptors (Lipinski definition) is 2. The number of halogens is 1. The molecule has 0 aliphatic rings. The Morgan fingerprint density at radius 1 is 1.54 bits per heavy atom. The lowest BCUT2D eigenvalue weighted by Crippen LogP contribution is -1.85. The van der Waals surface area contributed by atoms with Crippen LogP contribution in [0, 0.1) is 10.1 Å². The van der Waals surface area contributed by atoms with Crippen molar-refractivity contribution in [3.05, 3.63) is 56.7 Å². The molecule has 0 aromatic heterocycles. The third-order valence-corrected chi connectivity index (χ3v) is 1.96. The van der Waals surface area contributed by atoms with E-state index in [0.717, 1.165) is 16.2 Å².